The SMILES string of the molecule is CS(=O)(=O)C1CCCC1Nc1ccc([N+](=O)[O-])cc1Cl. The van der Waals surface area contributed by atoms with Crippen molar-refractivity contribution >= 4 is 32.8 Å². The third-order valence-electron chi connectivity index (χ3n) is 3.51. The van der Waals surface area contributed by atoms with Crippen LogP contribution >= 0.6 is 11.6 Å². The third-order valence-corrected chi connectivity index (χ3v) is 5.48. The third kappa shape index (κ3) is 3.21. The van der Waals surface area contributed by atoms with Crippen molar-refractivity contribution in [2.45, 2.75) is 30.6 Å². The molecule has 110 valence electrons. The highest BCUT2D eigenvalue weighted by Gasteiger charge is 2.35. The number of sulfone groups is 1. The highest BCUT2D eigenvalue weighted by molar-refractivity contribution is 7.91. The predicted molar refractivity (Wildman–Crippen MR) is 78.0 cm³/mol. The number of hydrogen-bond donors (Lipinski definition) is 1. The number of anilines is 1. The van der Waals surface area contributed by atoms with Gasteiger partial charge in [-0.2, -0.15) is 0 Å². The molecule has 0 heterocycles. The molecule has 20 heavy (non-hydrogen) atoms. The molecule has 1 saturated carbocycles. The van der Waals surface area contributed by atoms with E-state index in [4.69, 9.17) is 11.6 Å². The number of nitro benzene ring substituents is 1. The molecule has 2 rings (SSSR count). The van der Waals surface area contributed by atoms with E-state index in [0.29, 0.717) is 12.1 Å². The number of hydrogen-bond acceptors (Lipinski definition) is 5. The Morgan fingerprint density at radius 2 is 2.10 bits per heavy atom. The first-order chi connectivity index (χ1) is 9.29. The zero-order chi connectivity index (χ0) is 14.9. The van der Waals surface area contributed by atoms with Crippen molar-refractivity contribution in [3.8, 4) is 0 Å². The summed E-state index contributed by atoms with van der Waals surface area (Å²) in [5.74, 6) is 0. The smallest absolute Gasteiger partial charge is 0.271 e. The largest absolute Gasteiger partial charge is 0.380 e. The van der Waals surface area contributed by atoms with Crippen LogP contribution < -0.4 is 5.32 Å². The van der Waals surface area contributed by atoms with Gasteiger partial charge in [0.25, 0.3) is 5.69 Å². The minimum Gasteiger partial charge on any atom is -0.380 e. The summed E-state index contributed by atoms with van der Waals surface area (Å²) in [6, 6.07) is 3.91. The first kappa shape index (κ1) is 15.1. The van der Waals surface area contributed by atoms with Crippen LogP contribution in [-0.2, 0) is 9.84 Å². The van der Waals surface area contributed by atoms with Crippen LogP contribution in [0.4, 0.5) is 11.4 Å². The molecule has 1 aliphatic carbocycles. The molecule has 1 aromatic rings. The van der Waals surface area contributed by atoms with Gasteiger partial charge in [-0.15, -0.1) is 0 Å². The zero-order valence-electron chi connectivity index (χ0n) is 10.9. The standard InChI is InChI=1S/C12H15ClN2O4S/c1-20(18,19)12-4-2-3-11(12)14-10-6-5-8(15(16)17)7-9(10)13/h5-7,11-12,14H,2-4H2,1H3. The summed E-state index contributed by atoms with van der Waals surface area (Å²) in [7, 11) is -3.12. The first-order valence-electron chi connectivity index (χ1n) is 6.18. The molecular formula is C12H15ClN2O4S. The summed E-state index contributed by atoms with van der Waals surface area (Å²) in [4.78, 5) is 10.1. The zero-order valence-corrected chi connectivity index (χ0v) is 12.4. The molecule has 0 saturated heterocycles. The number of rotatable bonds is 4. The van der Waals surface area contributed by atoms with E-state index in [9.17, 15) is 18.5 Å². The van der Waals surface area contributed by atoms with Gasteiger partial charge in [0.1, 0.15) is 0 Å². The fourth-order valence-electron chi connectivity index (χ4n) is 2.54. The minimum absolute atomic E-state index is 0.0911. The van der Waals surface area contributed by atoms with E-state index in [1.165, 1.54) is 24.5 Å². The number of non-ortho nitro benzene ring substituents is 1. The van der Waals surface area contributed by atoms with Crippen LogP contribution in [0.15, 0.2) is 18.2 Å². The molecular weight excluding hydrogens is 304 g/mol. The van der Waals surface area contributed by atoms with Crippen molar-refractivity contribution in [1.29, 1.82) is 0 Å². The fourth-order valence-corrected chi connectivity index (χ4v) is 4.16. The molecule has 1 aliphatic rings. The molecule has 0 bridgehead atoms. The predicted octanol–water partition coefficient (Wildman–Crippen LogP) is 2.63. The summed E-state index contributed by atoms with van der Waals surface area (Å²) in [6.45, 7) is 0. The van der Waals surface area contributed by atoms with Gasteiger partial charge in [-0.05, 0) is 25.3 Å². The molecule has 0 aliphatic heterocycles. The average Bonchev–Trinajstić information content (AvgIpc) is 2.79. The van der Waals surface area contributed by atoms with Crippen molar-refractivity contribution < 1.29 is 13.3 Å². The number of halogens is 1. The van der Waals surface area contributed by atoms with Gasteiger partial charge in [-0.1, -0.05) is 11.6 Å². The Hall–Kier alpha value is -1.34. The highest BCUT2D eigenvalue weighted by Crippen LogP contribution is 2.32. The number of nitrogens with one attached hydrogen (secondary N) is 1. The van der Waals surface area contributed by atoms with Crippen LogP contribution in [-0.4, -0.2) is 30.9 Å². The Morgan fingerprint density at radius 3 is 2.65 bits per heavy atom. The van der Waals surface area contributed by atoms with Gasteiger partial charge in [0.05, 0.1) is 20.9 Å². The molecule has 1 aromatic carbocycles. The Bertz CT molecular complexity index is 632. The van der Waals surface area contributed by atoms with Crippen LogP contribution in [0.2, 0.25) is 5.02 Å². The number of nitrogens with zero attached hydrogens (tertiary/aromatic N) is 1. The summed E-state index contributed by atoms with van der Waals surface area (Å²) in [5, 5.41) is 13.5. The molecule has 6 nitrogen and oxygen atoms in total. The lowest BCUT2D eigenvalue weighted by molar-refractivity contribution is -0.384. The van der Waals surface area contributed by atoms with Gasteiger partial charge in [-0.3, -0.25) is 10.1 Å². The van der Waals surface area contributed by atoms with E-state index >= 15 is 0 Å². The van der Waals surface area contributed by atoms with Crippen LogP contribution in [0.1, 0.15) is 19.3 Å². The maximum absolute atomic E-state index is 11.7. The van der Waals surface area contributed by atoms with E-state index in [-0.39, 0.29) is 16.8 Å². The molecule has 1 N–H and O–H groups in total. The highest BCUT2D eigenvalue weighted by atomic mass is 35.5. The van der Waals surface area contributed by atoms with Gasteiger partial charge >= 0.3 is 0 Å². The Labute approximate surface area is 122 Å². The summed E-state index contributed by atoms with van der Waals surface area (Å²) in [6.07, 6.45) is 3.43. The number of benzene rings is 1. The van der Waals surface area contributed by atoms with E-state index in [2.05, 4.69) is 5.32 Å². The van der Waals surface area contributed by atoms with Crippen molar-refractivity contribution in [1.82, 2.24) is 0 Å². The maximum Gasteiger partial charge on any atom is 0.271 e. The molecule has 0 amide bonds. The van der Waals surface area contributed by atoms with Crippen LogP contribution in [0.25, 0.3) is 0 Å². The topological polar surface area (TPSA) is 89.3 Å². The normalized spacial score (nSPS) is 22.7. The lowest BCUT2D eigenvalue weighted by Crippen LogP contribution is -2.34. The molecule has 0 spiro atoms. The van der Waals surface area contributed by atoms with E-state index in [1.807, 2.05) is 0 Å². The van der Waals surface area contributed by atoms with Crippen LogP contribution in [0.3, 0.4) is 0 Å². The van der Waals surface area contributed by atoms with E-state index in [0.717, 1.165) is 12.8 Å². The van der Waals surface area contributed by atoms with E-state index in [1.54, 1.807) is 0 Å². The van der Waals surface area contributed by atoms with E-state index < -0.39 is 20.0 Å². The Kier molecular flexibility index (Phi) is 4.19. The Morgan fingerprint density at radius 1 is 1.40 bits per heavy atom. The van der Waals surface area contributed by atoms with Crippen molar-refractivity contribution in [3.05, 3.63) is 33.3 Å². The van der Waals surface area contributed by atoms with Crippen molar-refractivity contribution in [2.75, 3.05) is 11.6 Å². The first-order valence-corrected chi connectivity index (χ1v) is 8.51. The lowest BCUT2D eigenvalue weighted by Gasteiger charge is -2.21. The molecule has 1 fully saturated rings. The quantitative estimate of drug-likeness (QED) is 0.681. The van der Waals surface area contributed by atoms with Crippen LogP contribution in [0, 0.1) is 10.1 Å². The monoisotopic (exact) mass is 318 g/mol. The van der Waals surface area contributed by atoms with Gasteiger partial charge in [0, 0.05) is 24.4 Å². The molecule has 2 atom stereocenters. The fraction of sp³-hybridized carbons (Fsp3) is 0.500. The Balaban J connectivity index is 2.20. The van der Waals surface area contributed by atoms with Crippen molar-refractivity contribution in [2.24, 2.45) is 0 Å². The number of nitro groups is 1. The summed E-state index contributed by atoms with van der Waals surface area (Å²) in [5.41, 5.74) is 0.435. The average molecular weight is 319 g/mol. The minimum atomic E-state index is -3.12. The van der Waals surface area contributed by atoms with Crippen LogP contribution in [0.5, 0.6) is 0 Å². The van der Waals surface area contributed by atoms with Gasteiger partial charge < -0.3 is 5.32 Å². The second-order valence-corrected chi connectivity index (χ2v) is 7.64. The second-order valence-electron chi connectivity index (χ2n) is 4.97. The van der Waals surface area contributed by atoms with Gasteiger partial charge in [0.2, 0.25) is 0 Å². The lowest BCUT2D eigenvalue weighted by atomic mass is 10.2. The van der Waals surface area contributed by atoms with Crippen molar-refractivity contribution in [3.63, 3.8) is 0 Å². The maximum atomic E-state index is 11.7. The molecule has 0 radical (unpaired) electrons. The molecule has 8 heteroatoms. The molecule has 0 aromatic heterocycles. The summed E-state index contributed by atoms with van der Waals surface area (Å²) >= 11 is 6.00. The van der Waals surface area contributed by atoms with Gasteiger partial charge in [0.15, 0.2) is 9.84 Å². The second kappa shape index (κ2) is 5.57. The molecule has 2 unspecified atom stereocenters. The van der Waals surface area contributed by atoms with Gasteiger partial charge in [-0.25, -0.2) is 8.42 Å². The summed E-state index contributed by atoms with van der Waals surface area (Å²) < 4.78 is 23.4.